The number of nitrogens with zero attached hydrogens (tertiary/aromatic N) is 2. The third kappa shape index (κ3) is 3.58. The number of amides is 1. The largest absolute Gasteiger partial charge is 0.342 e. The summed E-state index contributed by atoms with van der Waals surface area (Å²) >= 11 is 0. The normalized spacial score (nSPS) is 26.9. The molecule has 3 aliphatic rings. The lowest BCUT2D eigenvalue weighted by atomic mass is 10.0. The zero-order chi connectivity index (χ0) is 17.4. The van der Waals surface area contributed by atoms with Crippen LogP contribution in [0.3, 0.4) is 0 Å². The highest BCUT2D eigenvalue weighted by atomic mass is 35.5. The Labute approximate surface area is 159 Å². The zero-order valence-electron chi connectivity index (χ0n) is 14.3. The molecule has 2 fully saturated rings. The van der Waals surface area contributed by atoms with Gasteiger partial charge in [-0.15, -0.1) is 12.4 Å². The highest BCUT2D eigenvalue weighted by Gasteiger charge is 2.37. The monoisotopic (exact) mass is 398 g/mol. The molecule has 0 spiro atoms. The van der Waals surface area contributed by atoms with Gasteiger partial charge in [-0.2, -0.15) is 0 Å². The van der Waals surface area contributed by atoms with Crippen LogP contribution in [0.5, 0.6) is 0 Å². The first-order valence-corrected chi connectivity index (χ1v) is 10.2. The Balaban J connectivity index is 0.00000196. The Morgan fingerprint density at radius 2 is 1.88 bits per heavy atom. The Kier molecular flexibility index (Phi) is 5.55. The molecule has 142 valence electrons. The van der Waals surface area contributed by atoms with Gasteiger partial charge in [0, 0.05) is 44.7 Å². The van der Waals surface area contributed by atoms with Crippen molar-refractivity contribution in [2.45, 2.75) is 17.7 Å². The minimum atomic E-state index is -3.49. The second-order valence-corrected chi connectivity index (χ2v) is 8.56. The lowest BCUT2D eigenvalue weighted by molar-refractivity contribution is -0.130. The number of nitrogens with one attached hydrogen (secondary N) is 2. The molecule has 0 unspecified atom stereocenters. The number of hydrogen-bond acceptors (Lipinski definition) is 5. The van der Waals surface area contributed by atoms with E-state index < -0.39 is 10.0 Å². The predicted molar refractivity (Wildman–Crippen MR) is 101 cm³/mol. The molecule has 26 heavy (non-hydrogen) atoms. The van der Waals surface area contributed by atoms with Crippen LogP contribution in [0.1, 0.15) is 18.4 Å². The van der Waals surface area contributed by atoms with E-state index in [0.717, 1.165) is 26.2 Å². The van der Waals surface area contributed by atoms with Gasteiger partial charge in [0.05, 0.1) is 4.90 Å². The van der Waals surface area contributed by atoms with Crippen molar-refractivity contribution in [1.29, 1.82) is 0 Å². The molecule has 0 radical (unpaired) electrons. The molecule has 0 bridgehead atoms. The maximum atomic E-state index is 12.3. The van der Waals surface area contributed by atoms with Crippen molar-refractivity contribution in [2.24, 2.45) is 16.8 Å². The fourth-order valence-corrected chi connectivity index (χ4v) is 5.14. The fourth-order valence-electron chi connectivity index (χ4n) is 3.89. The number of aliphatic imine (C=N–C) groups is 1. The number of sulfonamides is 1. The molecule has 2 N–H and O–H groups in total. The van der Waals surface area contributed by atoms with Crippen LogP contribution in [-0.4, -0.2) is 57.8 Å². The van der Waals surface area contributed by atoms with Gasteiger partial charge in [-0.1, -0.05) is 12.1 Å². The van der Waals surface area contributed by atoms with Gasteiger partial charge in [0.15, 0.2) is 0 Å². The van der Waals surface area contributed by atoms with Crippen LogP contribution >= 0.6 is 12.4 Å². The number of carbonyl (C=O) groups excluding carboxylic acids is 1. The Bertz CT molecular complexity index is 815. The Morgan fingerprint density at radius 1 is 1.19 bits per heavy atom. The number of carbonyl (C=O) groups is 1. The molecule has 3 aliphatic heterocycles. The van der Waals surface area contributed by atoms with E-state index in [4.69, 9.17) is 0 Å². The van der Waals surface area contributed by atoms with Crippen LogP contribution in [0.25, 0.3) is 0 Å². The second-order valence-electron chi connectivity index (χ2n) is 6.91. The molecule has 0 aromatic heterocycles. The highest BCUT2D eigenvalue weighted by Crippen LogP contribution is 2.27. The standard InChI is InChI=1S/C17H22N4O3S.ClH/c22-16(21-10-12-8-18-9-13(12)11-21)6-3-7-19-17-14-4-1-2-5-15(14)25(23,24)20-17;/h1-2,4-5,12-13,18H,3,6-11H2,(H,19,20);1H/t12-,13+;. The molecule has 9 heteroatoms. The summed E-state index contributed by atoms with van der Waals surface area (Å²) in [6.07, 6.45) is 1.08. The Morgan fingerprint density at radius 3 is 2.62 bits per heavy atom. The third-order valence-electron chi connectivity index (χ3n) is 5.22. The highest BCUT2D eigenvalue weighted by molar-refractivity contribution is 7.90. The van der Waals surface area contributed by atoms with Crippen LogP contribution in [-0.2, 0) is 14.8 Å². The first-order chi connectivity index (χ1) is 12.0. The maximum absolute atomic E-state index is 12.3. The number of halogens is 1. The topological polar surface area (TPSA) is 90.9 Å². The predicted octanol–water partition coefficient (Wildman–Crippen LogP) is 0.605. The summed E-state index contributed by atoms with van der Waals surface area (Å²) in [5.41, 5.74) is 0.605. The lowest BCUT2D eigenvalue weighted by Crippen LogP contribution is -2.31. The van der Waals surface area contributed by atoms with E-state index >= 15 is 0 Å². The van der Waals surface area contributed by atoms with E-state index in [1.165, 1.54) is 0 Å². The molecule has 0 aliphatic carbocycles. The molecule has 1 aromatic rings. The summed E-state index contributed by atoms with van der Waals surface area (Å²) < 4.78 is 26.5. The molecule has 1 aromatic carbocycles. The van der Waals surface area contributed by atoms with Crippen molar-refractivity contribution in [3.8, 4) is 0 Å². The van der Waals surface area contributed by atoms with E-state index in [-0.39, 0.29) is 23.2 Å². The summed E-state index contributed by atoms with van der Waals surface area (Å²) in [5, 5.41) is 3.37. The third-order valence-corrected chi connectivity index (χ3v) is 6.62. The first-order valence-electron chi connectivity index (χ1n) is 8.70. The van der Waals surface area contributed by atoms with Crippen molar-refractivity contribution < 1.29 is 13.2 Å². The van der Waals surface area contributed by atoms with E-state index in [2.05, 4.69) is 15.0 Å². The summed E-state index contributed by atoms with van der Waals surface area (Å²) in [6.45, 7) is 4.18. The van der Waals surface area contributed by atoms with Crippen LogP contribution in [0, 0.1) is 11.8 Å². The SMILES string of the molecule is Cl.O=C(CCCN=C1NS(=O)(=O)c2ccccc21)N1C[C@H]2CNC[C@H]2C1. The van der Waals surface area contributed by atoms with Crippen LogP contribution in [0.2, 0.25) is 0 Å². The van der Waals surface area contributed by atoms with Crippen molar-refractivity contribution in [1.82, 2.24) is 14.9 Å². The summed E-state index contributed by atoms with van der Waals surface area (Å²) in [7, 11) is -3.49. The molecule has 0 saturated carbocycles. The van der Waals surface area contributed by atoms with Crippen molar-refractivity contribution in [3.63, 3.8) is 0 Å². The smallest absolute Gasteiger partial charge is 0.263 e. The first kappa shape index (κ1) is 19.1. The molecule has 3 heterocycles. The summed E-state index contributed by atoms with van der Waals surface area (Å²) in [6, 6.07) is 6.80. The van der Waals surface area contributed by atoms with Gasteiger partial charge in [-0.25, -0.2) is 8.42 Å². The van der Waals surface area contributed by atoms with Gasteiger partial charge in [0.25, 0.3) is 10.0 Å². The number of amidine groups is 1. The average Bonchev–Trinajstić information content (AvgIpc) is 3.24. The van der Waals surface area contributed by atoms with Gasteiger partial charge in [0.1, 0.15) is 5.84 Å². The van der Waals surface area contributed by atoms with E-state index in [0.29, 0.717) is 42.6 Å². The van der Waals surface area contributed by atoms with Gasteiger partial charge in [-0.3, -0.25) is 14.5 Å². The Hall–Kier alpha value is -1.64. The lowest BCUT2D eigenvalue weighted by Gasteiger charge is -2.17. The molecule has 4 rings (SSSR count). The quantitative estimate of drug-likeness (QED) is 0.727. The molecule has 1 amide bonds. The maximum Gasteiger partial charge on any atom is 0.263 e. The minimum absolute atomic E-state index is 0. The molecular formula is C17H23ClN4O3S. The summed E-state index contributed by atoms with van der Waals surface area (Å²) in [4.78, 5) is 18.9. The van der Waals surface area contributed by atoms with Crippen LogP contribution in [0.4, 0.5) is 0 Å². The van der Waals surface area contributed by atoms with E-state index in [1.54, 1.807) is 24.3 Å². The zero-order valence-corrected chi connectivity index (χ0v) is 16.0. The van der Waals surface area contributed by atoms with Crippen molar-refractivity contribution in [3.05, 3.63) is 29.8 Å². The number of rotatable bonds is 4. The molecule has 2 atom stereocenters. The average molecular weight is 399 g/mol. The van der Waals surface area contributed by atoms with Gasteiger partial charge in [-0.05, 0) is 30.4 Å². The van der Waals surface area contributed by atoms with E-state index in [9.17, 15) is 13.2 Å². The van der Waals surface area contributed by atoms with Gasteiger partial charge < -0.3 is 10.2 Å². The number of hydrogen-bond donors (Lipinski definition) is 2. The molecule has 7 nitrogen and oxygen atoms in total. The van der Waals surface area contributed by atoms with Crippen molar-refractivity contribution in [2.75, 3.05) is 32.7 Å². The molecular weight excluding hydrogens is 376 g/mol. The molecule has 2 saturated heterocycles. The van der Waals surface area contributed by atoms with Gasteiger partial charge >= 0.3 is 0 Å². The minimum Gasteiger partial charge on any atom is -0.342 e. The fraction of sp³-hybridized carbons (Fsp3) is 0.529. The number of fused-ring (bicyclic) bond motifs is 2. The summed E-state index contributed by atoms with van der Waals surface area (Å²) in [5.74, 6) is 1.77. The van der Waals surface area contributed by atoms with E-state index in [1.807, 2.05) is 4.90 Å². The van der Waals surface area contributed by atoms with Crippen molar-refractivity contribution >= 4 is 34.2 Å². The van der Waals surface area contributed by atoms with Crippen LogP contribution < -0.4 is 10.0 Å². The number of likely N-dealkylation sites (tertiary alicyclic amines) is 1. The van der Waals surface area contributed by atoms with Gasteiger partial charge in [0.2, 0.25) is 5.91 Å². The van der Waals surface area contributed by atoms with Crippen LogP contribution in [0.15, 0.2) is 34.2 Å². The second kappa shape index (κ2) is 7.54. The number of benzene rings is 1.